The molecule has 0 atom stereocenters. The molecule has 2 nitrogen and oxygen atoms in total. The quantitative estimate of drug-likeness (QED) is 0.785. The maximum atomic E-state index is 12.3. The van der Waals surface area contributed by atoms with Crippen molar-refractivity contribution in [2.75, 3.05) is 7.11 Å². The Kier molecular flexibility index (Phi) is 4.04. The van der Waals surface area contributed by atoms with Crippen LogP contribution in [0.3, 0.4) is 0 Å². The van der Waals surface area contributed by atoms with Gasteiger partial charge in [0.1, 0.15) is 5.75 Å². The van der Waals surface area contributed by atoms with E-state index in [1.807, 2.05) is 18.2 Å². The van der Waals surface area contributed by atoms with E-state index in [9.17, 15) is 4.79 Å². The molecule has 0 heterocycles. The van der Waals surface area contributed by atoms with Crippen molar-refractivity contribution >= 4 is 33.3 Å². The SMILES string of the molecule is COc1cc(C(=O)c2ccccc2Br)ccc1Cl. The van der Waals surface area contributed by atoms with Crippen molar-refractivity contribution < 1.29 is 9.53 Å². The van der Waals surface area contributed by atoms with E-state index >= 15 is 0 Å². The van der Waals surface area contributed by atoms with E-state index in [4.69, 9.17) is 16.3 Å². The van der Waals surface area contributed by atoms with Crippen molar-refractivity contribution in [3.05, 3.63) is 63.1 Å². The highest BCUT2D eigenvalue weighted by molar-refractivity contribution is 9.10. The van der Waals surface area contributed by atoms with Crippen LogP contribution in [0.4, 0.5) is 0 Å². The van der Waals surface area contributed by atoms with E-state index < -0.39 is 0 Å². The van der Waals surface area contributed by atoms with Crippen molar-refractivity contribution in [3.63, 3.8) is 0 Å². The summed E-state index contributed by atoms with van der Waals surface area (Å²) in [7, 11) is 1.52. The second kappa shape index (κ2) is 5.55. The molecule has 0 bridgehead atoms. The summed E-state index contributed by atoms with van der Waals surface area (Å²) < 4.78 is 5.87. The molecule has 2 aromatic carbocycles. The molecule has 92 valence electrons. The van der Waals surface area contributed by atoms with Crippen molar-refractivity contribution in [1.29, 1.82) is 0 Å². The van der Waals surface area contributed by atoms with Gasteiger partial charge in [-0.3, -0.25) is 4.79 Å². The number of methoxy groups -OCH3 is 1. The third kappa shape index (κ3) is 2.57. The molecule has 0 aliphatic carbocycles. The molecular formula is C14H10BrClO2. The van der Waals surface area contributed by atoms with E-state index in [0.717, 1.165) is 4.47 Å². The highest BCUT2D eigenvalue weighted by Crippen LogP contribution is 2.27. The number of ether oxygens (including phenoxy) is 1. The molecule has 0 amide bonds. The van der Waals surface area contributed by atoms with Gasteiger partial charge >= 0.3 is 0 Å². The topological polar surface area (TPSA) is 26.3 Å². The number of rotatable bonds is 3. The zero-order valence-corrected chi connectivity index (χ0v) is 12.0. The van der Waals surface area contributed by atoms with Crippen LogP contribution in [0.2, 0.25) is 5.02 Å². The van der Waals surface area contributed by atoms with Gasteiger partial charge in [0.15, 0.2) is 5.78 Å². The Hall–Kier alpha value is -1.32. The molecule has 0 saturated heterocycles. The minimum atomic E-state index is -0.0718. The minimum Gasteiger partial charge on any atom is -0.495 e. The fraction of sp³-hybridized carbons (Fsp3) is 0.0714. The van der Waals surface area contributed by atoms with Gasteiger partial charge in [0.25, 0.3) is 0 Å². The molecule has 0 saturated carbocycles. The second-order valence-corrected chi connectivity index (χ2v) is 4.92. The zero-order chi connectivity index (χ0) is 13.1. The van der Waals surface area contributed by atoms with Crippen LogP contribution >= 0.6 is 27.5 Å². The molecule has 2 rings (SSSR count). The van der Waals surface area contributed by atoms with Gasteiger partial charge in [-0.2, -0.15) is 0 Å². The second-order valence-electron chi connectivity index (χ2n) is 3.66. The van der Waals surface area contributed by atoms with Crippen LogP contribution in [0.25, 0.3) is 0 Å². The van der Waals surface area contributed by atoms with Crippen molar-refractivity contribution in [3.8, 4) is 5.75 Å². The number of carbonyl (C=O) groups is 1. The summed E-state index contributed by atoms with van der Waals surface area (Å²) in [5.41, 5.74) is 1.16. The fourth-order valence-electron chi connectivity index (χ4n) is 1.60. The molecule has 4 heteroatoms. The van der Waals surface area contributed by atoms with Gasteiger partial charge < -0.3 is 4.74 Å². The number of benzene rings is 2. The Morgan fingerprint density at radius 3 is 2.61 bits per heavy atom. The Balaban J connectivity index is 2.44. The monoisotopic (exact) mass is 324 g/mol. The van der Waals surface area contributed by atoms with Gasteiger partial charge in [0, 0.05) is 15.6 Å². The molecule has 2 aromatic rings. The van der Waals surface area contributed by atoms with Gasteiger partial charge in [-0.25, -0.2) is 0 Å². The summed E-state index contributed by atoms with van der Waals surface area (Å²) >= 11 is 9.30. The molecular weight excluding hydrogens is 316 g/mol. The lowest BCUT2D eigenvalue weighted by molar-refractivity contribution is 0.103. The first kappa shape index (κ1) is 13.1. The largest absolute Gasteiger partial charge is 0.495 e. The summed E-state index contributed by atoms with van der Waals surface area (Å²) in [6, 6.07) is 12.3. The average molecular weight is 326 g/mol. The van der Waals surface area contributed by atoms with Crippen molar-refractivity contribution in [2.24, 2.45) is 0 Å². The van der Waals surface area contributed by atoms with E-state index in [-0.39, 0.29) is 5.78 Å². The molecule has 0 aromatic heterocycles. The van der Waals surface area contributed by atoms with E-state index in [1.54, 1.807) is 24.3 Å². The lowest BCUT2D eigenvalue weighted by Crippen LogP contribution is -2.02. The first-order valence-electron chi connectivity index (χ1n) is 5.26. The highest BCUT2D eigenvalue weighted by Gasteiger charge is 2.13. The molecule has 18 heavy (non-hydrogen) atoms. The van der Waals surface area contributed by atoms with Crippen LogP contribution in [-0.2, 0) is 0 Å². The normalized spacial score (nSPS) is 10.2. The maximum absolute atomic E-state index is 12.3. The number of hydrogen-bond acceptors (Lipinski definition) is 2. The summed E-state index contributed by atoms with van der Waals surface area (Å²) in [4.78, 5) is 12.3. The Morgan fingerprint density at radius 2 is 1.94 bits per heavy atom. The molecule has 0 aliphatic heterocycles. The smallest absolute Gasteiger partial charge is 0.194 e. The van der Waals surface area contributed by atoms with Gasteiger partial charge in [-0.15, -0.1) is 0 Å². The summed E-state index contributed by atoms with van der Waals surface area (Å²) in [5.74, 6) is 0.423. The Labute approximate surface area is 119 Å². The van der Waals surface area contributed by atoms with Gasteiger partial charge in [0.2, 0.25) is 0 Å². The molecule has 0 unspecified atom stereocenters. The zero-order valence-electron chi connectivity index (χ0n) is 9.61. The van der Waals surface area contributed by atoms with Crippen LogP contribution in [0.5, 0.6) is 5.75 Å². The number of halogens is 2. The van der Waals surface area contributed by atoms with Crippen LogP contribution in [0.1, 0.15) is 15.9 Å². The predicted octanol–water partition coefficient (Wildman–Crippen LogP) is 4.34. The number of hydrogen-bond donors (Lipinski definition) is 0. The number of ketones is 1. The van der Waals surface area contributed by atoms with E-state index in [2.05, 4.69) is 15.9 Å². The highest BCUT2D eigenvalue weighted by atomic mass is 79.9. The Morgan fingerprint density at radius 1 is 1.22 bits per heavy atom. The average Bonchev–Trinajstić information content (AvgIpc) is 2.39. The van der Waals surface area contributed by atoms with Crippen LogP contribution in [0, 0.1) is 0 Å². The van der Waals surface area contributed by atoms with Crippen LogP contribution in [0.15, 0.2) is 46.9 Å². The predicted molar refractivity (Wildman–Crippen MR) is 75.6 cm³/mol. The first-order valence-corrected chi connectivity index (χ1v) is 6.43. The van der Waals surface area contributed by atoms with Gasteiger partial charge in [0.05, 0.1) is 12.1 Å². The first-order chi connectivity index (χ1) is 8.63. The third-order valence-corrected chi connectivity index (χ3v) is 3.54. The summed E-state index contributed by atoms with van der Waals surface area (Å²) in [6.07, 6.45) is 0. The lowest BCUT2D eigenvalue weighted by Gasteiger charge is -2.07. The van der Waals surface area contributed by atoms with Gasteiger partial charge in [-0.1, -0.05) is 39.7 Å². The van der Waals surface area contributed by atoms with Crippen molar-refractivity contribution in [1.82, 2.24) is 0 Å². The lowest BCUT2D eigenvalue weighted by atomic mass is 10.0. The van der Waals surface area contributed by atoms with E-state index in [0.29, 0.717) is 21.9 Å². The summed E-state index contributed by atoms with van der Waals surface area (Å²) in [5, 5.41) is 0.487. The van der Waals surface area contributed by atoms with Crippen molar-refractivity contribution in [2.45, 2.75) is 0 Å². The van der Waals surface area contributed by atoms with Gasteiger partial charge in [-0.05, 0) is 30.3 Å². The summed E-state index contributed by atoms with van der Waals surface area (Å²) in [6.45, 7) is 0. The molecule has 0 fully saturated rings. The van der Waals surface area contributed by atoms with E-state index in [1.165, 1.54) is 7.11 Å². The third-order valence-electron chi connectivity index (χ3n) is 2.53. The molecule has 0 N–H and O–H groups in total. The molecule has 0 radical (unpaired) electrons. The molecule has 0 spiro atoms. The minimum absolute atomic E-state index is 0.0718. The Bertz CT molecular complexity index is 596. The molecule has 0 aliphatic rings. The van der Waals surface area contributed by atoms with Crippen LogP contribution in [-0.4, -0.2) is 12.9 Å². The number of carbonyl (C=O) groups excluding carboxylic acids is 1. The van der Waals surface area contributed by atoms with Crippen LogP contribution < -0.4 is 4.74 Å². The maximum Gasteiger partial charge on any atom is 0.194 e. The fourth-order valence-corrected chi connectivity index (χ4v) is 2.26. The standard InChI is InChI=1S/C14H10BrClO2/c1-18-13-8-9(6-7-12(13)16)14(17)10-4-2-3-5-11(10)15/h2-8H,1H3.